The molecule has 0 aromatic heterocycles. The number of quaternary nitrogens is 1. The Morgan fingerprint density at radius 3 is 2.59 bits per heavy atom. The van der Waals surface area contributed by atoms with E-state index in [9.17, 15) is 5.11 Å². The molecular weight excluding hydrogens is 240 g/mol. The second-order valence-corrected chi connectivity index (χ2v) is 6.19. The minimum absolute atomic E-state index is 0.0602. The van der Waals surface area contributed by atoms with Crippen molar-refractivity contribution in [2.24, 2.45) is 0 Å². The van der Waals surface area contributed by atoms with Crippen LogP contribution in [-0.2, 0) is 4.74 Å². The summed E-state index contributed by atoms with van der Waals surface area (Å²) in [4.78, 5) is 0. The molecule has 0 amide bonds. The van der Waals surface area contributed by atoms with E-state index < -0.39 is 6.10 Å². The predicted molar refractivity (Wildman–Crippen MR) is 70.9 cm³/mol. The van der Waals surface area contributed by atoms with Crippen molar-refractivity contribution in [1.29, 1.82) is 0 Å². The number of thioether (sulfide) groups is 1. The number of hydrogen-bond donors (Lipinski definition) is 2. The van der Waals surface area contributed by atoms with Gasteiger partial charge in [-0.1, -0.05) is 0 Å². The van der Waals surface area contributed by atoms with Gasteiger partial charge in [0.25, 0.3) is 6.72 Å². The van der Waals surface area contributed by atoms with Gasteiger partial charge in [0.05, 0.1) is 51.7 Å². The van der Waals surface area contributed by atoms with E-state index >= 15 is 0 Å². The number of ether oxygens (including phenoxy) is 1. The monoisotopic (exact) mass is 262 g/mol. The summed E-state index contributed by atoms with van der Waals surface area (Å²) in [5.41, 5.74) is -0.172. The Kier molecular flexibility index (Phi) is 5.19. The number of hydrogen-bond acceptors (Lipinski definition) is 4. The molecule has 0 aromatic rings. The minimum atomic E-state index is -0.420. The van der Waals surface area contributed by atoms with Crippen molar-refractivity contribution >= 4 is 23.6 Å². The van der Waals surface area contributed by atoms with E-state index in [1.807, 2.05) is 21.1 Å². The van der Waals surface area contributed by atoms with E-state index in [-0.39, 0.29) is 18.1 Å². The van der Waals surface area contributed by atoms with Gasteiger partial charge in [0.1, 0.15) is 5.44 Å². The molecule has 3 unspecified atom stereocenters. The van der Waals surface area contributed by atoms with Crippen LogP contribution < -0.4 is 4.67 Å². The first-order valence-electron chi connectivity index (χ1n) is 5.63. The lowest BCUT2D eigenvalue weighted by atomic mass is 10.1. The standard InChI is InChI=1S/C11H22N2O3S/c1-12-11(13(2,3)4)17-10-6-8(15)5-9(7-14)16-10/h8-10,14-15H,1,5-7H2,2-4H3/q+2. The van der Waals surface area contributed by atoms with Crippen LogP contribution in [0.2, 0.25) is 0 Å². The largest absolute Gasteiger partial charge is 0.521 e. The maximum atomic E-state index is 9.70. The van der Waals surface area contributed by atoms with E-state index in [2.05, 4.69) is 11.4 Å². The fourth-order valence-corrected chi connectivity index (χ4v) is 2.82. The minimum Gasteiger partial charge on any atom is -0.394 e. The molecule has 0 bridgehead atoms. The Morgan fingerprint density at radius 2 is 2.12 bits per heavy atom. The molecule has 0 radical (unpaired) electrons. The molecule has 0 spiro atoms. The maximum absolute atomic E-state index is 9.70. The first kappa shape index (κ1) is 14.7. The quantitative estimate of drug-likeness (QED) is 0.302. The van der Waals surface area contributed by atoms with Crippen molar-refractivity contribution in [2.75, 3.05) is 27.7 Å². The predicted octanol–water partition coefficient (Wildman–Crippen LogP) is -0.592. The Bertz CT molecular complexity index is 310. The van der Waals surface area contributed by atoms with Crippen molar-refractivity contribution in [3.63, 3.8) is 0 Å². The van der Waals surface area contributed by atoms with Crippen molar-refractivity contribution in [2.45, 2.75) is 30.5 Å². The number of rotatable bonds is 2. The van der Waals surface area contributed by atoms with Crippen LogP contribution in [0.15, 0.2) is 0 Å². The molecular formula is C11H22N2O3S+2. The van der Waals surface area contributed by atoms with Gasteiger partial charge in [-0.2, -0.15) is 0 Å². The van der Waals surface area contributed by atoms with Gasteiger partial charge >= 0.3 is 5.17 Å². The zero-order valence-electron chi connectivity index (χ0n) is 10.7. The smallest absolute Gasteiger partial charge is 0.394 e. The molecule has 1 aliphatic heterocycles. The lowest BCUT2D eigenvalue weighted by Gasteiger charge is -2.31. The molecule has 17 heavy (non-hydrogen) atoms. The van der Waals surface area contributed by atoms with E-state index in [0.717, 1.165) is 5.17 Å². The normalized spacial score (nSPS) is 29.8. The zero-order valence-corrected chi connectivity index (χ0v) is 11.5. The van der Waals surface area contributed by atoms with Crippen LogP contribution in [0.4, 0.5) is 0 Å². The lowest BCUT2D eigenvalue weighted by Crippen LogP contribution is -2.44. The molecule has 5 nitrogen and oxygen atoms in total. The molecule has 1 aliphatic rings. The molecule has 1 heterocycles. The fraction of sp³-hybridized carbons (Fsp3) is 0.818. The van der Waals surface area contributed by atoms with Crippen molar-refractivity contribution in [1.82, 2.24) is 4.67 Å². The van der Waals surface area contributed by atoms with Crippen LogP contribution in [0.25, 0.3) is 0 Å². The van der Waals surface area contributed by atoms with Gasteiger partial charge in [0, 0.05) is 12.8 Å². The highest BCUT2D eigenvalue weighted by molar-refractivity contribution is 8.13. The number of nitrogens with zero attached hydrogens (tertiary/aromatic N) is 2. The fourth-order valence-electron chi connectivity index (χ4n) is 1.67. The molecule has 98 valence electrons. The first-order valence-corrected chi connectivity index (χ1v) is 6.51. The van der Waals surface area contributed by atoms with Crippen LogP contribution in [0.5, 0.6) is 0 Å². The molecule has 6 heteroatoms. The Labute approximate surface area is 106 Å². The summed E-state index contributed by atoms with van der Waals surface area (Å²) in [6.45, 7) is 3.50. The average molecular weight is 262 g/mol. The van der Waals surface area contributed by atoms with Gasteiger partial charge in [-0.15, -0.1) is 0 Å². The molecule has 1 saturated heterocycles. The van der Waals surface area contributed by atoms with Gasteiger partial charge in [-0.05, 0) is 4.67 Å². The Hall–Kier alpha value is -0.360. The molecule has 2 N–H and O–H groups in total. The summed E-state index contributed by atoms with van der Waals surface area (Å²) in [6.07, 6.45) is 0.348. The molecule has 0 aromatic carbocycles. The molecule has 0 saturated carbocycles. The number of aliphatic hydroxyl groups excluding tert-OH is 2. The highest BCUT2D eigenvalue weighted by Crippen LogP contribution is 2.28. The maximum Gasteiger partial charge on any atom is 0.521 e. The Balaban J connectivity index is 2.65. The van der Waals surface area contributed by atoms with E-state index in [1.165, 1.54) is 11.8 Å². The summed E-state index contributed by atoms with van der Waals surface area (Å²) in [7, 11) is 6.00. The van der Waals surface area contributed by atoms with Gasteiger partial charge in [0.15, 0.2) is 0 Å². The third kappa shape index (κ3) is 4.43. The lowest BCUT2D eigenvalue weighted by molar-refractivity contribution is -0.772. The van der Waals surface area contributed by atoms with Crippen LogP contribution in [0.1, 0.15) is 12.8 Å². The highest BCUT2D eigenvalue weighted by atomic mass is 32.2. The summed E-state index contributed by atoms with van der Waals surface area (Å²) >= 11 is 1.46. The molecule has 3 atom stereocenters. The summed E-state index contributed by atoms with van der Waals surface area (Å²) in [6, 6.07) is 0. The summed E-state index contributed by atoms with van der Waals surface area (Å²) < 4.78 is 10.2. The van der Waals surface area contributed by atoms with E-state index in [1.54, 1.807) is 0 Å². The second-order valence-electron chi connectivity index (χ2n) is 5.07. The molecule has 1 fully saturated rings. The SMILES string of the molecule is C=[N+]=C(SC1CC(O)CC(CO)O1)[N+](C)(C)C. The molecule has 0 aliphatic carbocycles. The van der Waals surface area contributed by atoms with Crippen LogP contribution in [0, 0.1) is 0 Å². The van der Waals surface area contributed by atoms with Gasteiger partial charge in [-0.25, -0.2) is 4.48 Å². The zero-order chi connectivity index (χ0) is 13.1. The summed E-state index contributed by atoms with van der Waals surface area (Å²) in [5.74, 6) is 0. The average Bonchev–Trinajstić information content (AvgIpc) is 2.23. The molecule has 1 rings (SSSR count). The highest BCUT2D eigenvalue weighted by Gasteiger charge is 2.37. The van der Waals surface area contributed by atoms with Crippen LogP contribution in [0.3, 0.4) is 0 Å². The third-order valence-corrected chi connectivity index (χ3v) is 3.95. The second kappa shape index (κ2) is 6.00. The number of amidine groups is 1. The first-order chi connectivity index (χ1) is 7.86. The van der Waals surface area contributed by atoms with Crippen LogP contribution >= 0.6 is 11.8 Å². The number of aliphatic hydroxyl groups is 2. The van der Waals surface area contributed by atoms with Crippen molar-refractivity contribution in [3.8, 4) is 0 Å². The van der Waals surface area contributed by atoms with Crippen molar-refractivity contribution < 1.29 is 19.4 Å². The summed E-state index contributed by atoms with van der Waals surface area (Å²) in [5, 5.41) is 19.6. The topological polar surface area (TPSA) is 63.8 Å². The van der Waals surface area contributed by atoms with Gasteiger partial charge in [0.2, 0.25) is 0 Å². The van der Waals surface area contributed by atoms with Gasteiger partial charge < -0.3 is 14.9 Å². The Morgan fingerprint density at radius 1 is 1.47 bits per heavy atom. The van der Waals surface area contributed by atoms with Crippen molar-refractivity contribution in [3.05, 3.63) is 0 Å². The van der Waals surface area contributed by atoms with Crippen LogP contribution in [-0.4, -0.2) is 72.0 Å². The third-order valence-electron chi connectivity index (χ3n) is 2.49. The van der Waals surface area contributed by atoms with E-state index in [4.69, 9.17) is 9.84 Å². The van der Waals surface area contributed by atoms with Gasteiger partial charge in [-0.3, -0.25) is 0 Å². The van der Waals surface area contributed by atoms with E-state index in [0.29, 0.717) is 17.3 Å².